The Kier molecular flexibility index (Phi) is 8.45. The standard InChI is InChI=1S/C15H20BrN3O2.ClH/c16-13-4-1-3-11(9-13)14(20)18-6-2-7-19-15(21)12-5-8-17-10-12;/h1,3-4,9,12,17H,2,5-8,10H2,(H,18,20)(H,19,21);1H. The zero-order valence-corrected chi connectivity index (χ0v) is 14.6. The third-order valence-electron chi connectivity index (χ3n) is 3.46. The number of carbonyl (C=O) groups is 2. The van der Waals surface area contributed by atoms with Gasteiger partial charge in [0.25, 0.3) is 5.91 Å². The maximum Gasteiger partial charge on any atom is 0.251 e. The highest BCUT2D eigenvalue weighted by molar-refractivity contribution is 9.10. The third-order valence-corrected chi connectivity index (χ3v) is 3.95. The molecule has 1 aromatic rings. The largest absolute Gasteiger partial charge is 0.356 e. The minimum Gasteiger partial charge on any atom is -0.356 e. The molecule has 0 radical (unpaired) electrons. The fourth-order valence-electron chi connectivity index (χ4n) is 2.26. The van der Waals surface area contributed by atoms with Crippen LogP contribution in [0.3, 0.4) is 0 Å². The van der Waals surface area contributed by atoms with Crippen molar-refractivity contribution in [2.45, 2.75) is 12.8 Å². The van der Waals surface area contributed by atoms with E-state index in [0.29, 0.717) is 18.7 Å². The summed E-state index contributed by atoms with van der Waals surface area (Å²) in [4.78, 5) is 23.6. The van der Waals surface area contributed by atoms with E-state index in [2.05, 4.69) is 31.9 Å². The normalized spacial score (nSPS) is 16.7. The Labute approximate surface area is 145 Å². The highest BCUT2D eigenvalue weighted by Crippen LogP contribution is 2.11. The number of rotatable bonds is 6. The molecule has 0 saturated carbocycles. The summed E-state index contributed by atoms with van der Waals surface area (Å²) in [5, 5.41) is 8.93. The Hall–Kier alpha value is -1.11. The van der Waals surface area contributed by atoms with Crippen molar-refractivity contribution in [3.8, 4) is 0 Å². The van der Waals surface area contributed by atoms with Crippen LogP contribution >= 0.6 is 28.3 Å². The van der Waals surface area contributed by atoms with E-state index in [4.69, 9.17) is 0 Å². The molecule has 1 aromatic carbocycles. The van der Waals surface area contributed by atoms with Crippen molar-refractivity contribution >= 4 is 40.2 Å². The fourth-order valence-corrected chi connectivity index (χ4v) is 2.66. The predicted molar refractivity (Wildman–Crippen MR) is 92.3 cm³/mol. The van der Waals surface area contributed by atoms with Crippen molar-refractivity contribution in [3.63, 3.8) is 0 Å². The Morgan fingerprint density at radius 2 is 2.05 bits per heavy atom. The van der Waals surface area contributed by atoms with Crippen molar-refractivity contribution < 1.29 is 9.59 Å². The molecule has 1 aliphatic rings. The number of amides is 2. The quantitative estimate of drug-likeness (QED) is 0.648. The van der Waals surface area contributed by atoms with Crippen molar-refractivity contribution in [3.05, 3.63) is 34.3 Å². The molecular formula is C15H21BrClN3O2. The molecule has 122 valence electrons. The van der Waals surface area contributed by atoms with Gasteiger partial charge in [-0.25, -0.2) is 0 Å². The third kappa shape index (κ3) is 5.94. The highest BCUT2D eigenvalue weighted by atomic mass is 79.9. The van der Waals surface area contributed by atoms with Gasteiger partial charge in [-0.1, -0.05) is 22.0 Å². The van der Waals surface area contributed by atoms with E-state index in [9.17, 15) is 9.59 Å². The van der Waals surface area contributed by atoms with E-state index in [1.165, 1.54) is 0 Å². The average Bonchev–Trinajstić information content (AvgIpc) is 3.00. The minimum absolute atomic E-state index is 0. The van der Waals surface area contributed by atoms with Gasteiger partial charge in [-0.15, -0.1) is 12.4 Å². The second-order valence-corrected chi connectivity index (χ2v) is 6.02. The van der Waals surface area contributed by atoms with Crippen LogP contribution in [-0.4, -0.2) is 38.0 Å². The number of carbonyl (C=O) groups excluding carboxylic acids is 2. The summed E-state index contributed by atoms with van der Waals surface area (Å²) < 4.78 is 0.882. The molecule has 1 atom stereocenters. The number of halogens is 2. The molecule has 1 heterocycles. The van der Waals surface area contributed by atoms with Crippen molar-refractivity contribution in [1.82, 2.24) is 16.0 Å². The highest BCUT2D eigenvalue weighted by Gasteiger charge is 2.21. The van der Waals surface area contributed by atoms with Crippen LogP contribution in [0.25, 0.3) is 0 Å². The maximum absolute atomic E-state index is 11.9. The van der Waals surface area contributed by atoms with Gasteiger partial charge in [-0.3, -0.25) is 9.59 Å². The van der Waals surface area contributed by atoms with Gasteiger partial charge in [-0.05, 0) is 37.6 Å². The second-order valence-electron chi connectivity index (χ2n) is 5.10. The van der Waals surface area contributed by atoms with Crippen LogP contribution in [0, 0.1) is 5.92 Å². The molecule has 0 spiro atoms. The van der Waals surface area contributed by atoms with Crippen LogP contribution < -0.4 is 16.0 Å². The summed E-state index contributed by atoms with van der Waals surface area (Å²) >= 11 is 3.34. The molecule has 1 fully saturated rings. The van der Waals surface area contributed by atoms with Gasteiger partial charge in [0, 0.05) is 29.7 Å². The zero-order valence-electron chi connectivity index (χ0n) is 12.2. The average molecular weight is 391 g/mol. The molecule has 3 N–H and O–H groups in total. The first kappa shape index (κ1) is 18.9. The maximum atomic E-state index is 11.9. The number of hydrogen-bond acceptors (Lipinski definition) is 3. The molecule has 0 aliphatic carbocycles. The van der Waals surface area contributed by atoms with Gasteiger partial charge in [0.15, 0.2) is 0 Å². The molecule has 2 rings (SSSR count). The Balaban J connectivity index is 0.00000242. The monoisotopic (exact) mass is 389 g/mol. The molecular weight excluding hydrogens is 370 g/mol. The number of benzene rings is 1. The molecule has 1 unspecified atom stereocenters. The van der Waals surface area contributed by atoms with Gasteiger partial charge >= 0.3 is 0 Å². The van der Waals surface area contributed by atoms with Crippen LogP contribution in [0.4, 0.5) is 0 Å². The lowest BCUT2D eigenvalue weighted by atomic mass is 10.1. The van der Waals surface area contributed by atoms with Crippen molar-refractivity contribution in [1.29, 1.82) is 0 Å². The van der Waals surface area contributed by atoms with Crippen LogP contribution in [0.15, 0.2) is 28.7 Å². The summed E-state index contributed by atoms with van der Waals surface area (Å²) in [6.07, 6.45) is 1.64. The van der Waals surface area contributed by atoms with Crippen LogP contribution in [0.5, 0.6) is 0 Å². The van der Waals surface area contributed by atoms with Crippen LogP contribution in [-0.2, 0) is 4.79 Å². The van der Waals surface area contributed by atoms with Crippen LogP contribution in [0.1, 0.15) is 23.2 Å². The van der Waals surface area contributed by atoms with Crippen LogP contribution in [0.2, 0.25) is 0 Å². The fraction of sp³-hybridized carbons (Fsp3) is 0.467. The summed E-state index contributed by atoms with van der Waals surface area (Å²) in [5.41, 5.74) is 0.630. The van der Waals surface area contributed by atoms with E-state index >= 15 is 0 Å². The SMILES string of the molecule is Cl.O=C(NCCCNC(=O)C1CCNC1)c1cccc(Br)c1. The molecule has 1 aliphatic heterocycles. The molecule has 2 amide bonds. The van der Waals surface area contributed by atoms with E-state index in [1.54, 1.807) is 12.1 Å². The van der Waals surface area contributed by atoms with Crippen molar-refractivity contribution in [2.75, 3.05) is 26.2 Å². The molecule has 0 aromatic heterocycles. The first-order valence-corrected chi connectivity index (χ1v) is 7.98. The summed E-state index contributed by atoms with van der Waals surface area (Å²) in [6, 6.07) is 7.26. The first-order valence-electron chi connectivity index (χ1n) is 7.19. The lowest BCUT2D eigenvalue weighted by Gasteiger charge is -2.10. The topological polar surface area (TPSA) is 70.2 Å². The minimum atomic E-state index is -0.0948. The summed E-state index contributed by atoms with van der Waals surface area (Å²) in [5.74, 6) is 0.113. The molecule has 7 heteroatoms. The van der Waals surface area contributed by atoms with E-state index < -0.39 is 0 Å². The lowest BCUT2D eigenvalue weighted by Crippen LogP contribution is -2.34. The number of nitrogens with one attached hydrogen (secondary N) is 3. The second kappa shape index (κ2) is 9.82. The molecule has 1 saturated heterocycles. The summed E-state index contributed by atoms with van der Waals surface area (Å²) in [6.45, 7) is 2.83. The number of hydrogen-bond donors (Lipinski definition) is 3. The van der Waals surface area contributed by atoms with E-state index in [1.807, 2.05) is 12.1 Å². The first-order chi connectivity index (χ1) is 10.2. The lowest BCUT2D eigenvalue weighted by molar-refractivity contribution is -0.124. The Bertz CT molecular complexity index is 507. The van der Waals surface area contributed by atoms with Gasteiger partial charge in [0.2, 0.25) is 5.91 Å². The predicted octanol–water partition coefficient (Wildman–Crippen LogP) is 1.72. The van der Waals surface area contributed by atoms with Gasteiger partial charge in [0.1, 0.15) is 0 Å². The smallest absolute Gasteiger partial charge is 0.251 e. The molecule has 0 bridgehead atoms. The van der Waals surface area contributed by atoms with E-state index in [0.717, 1.165) is 30.4 Å². The van der Waals surface area contributed by atoms with E-state index in [-0.39, 0.29) is 30.1 Å². The Morgan fingerprint density at radius 3 is 2.73 bits per heavy atom. The molecule has 5 nitrogen and oxygen atoms in total. The summed E-state index contributed by atoms with van der Waals surface area (Å²) in [7, 11) is 0. The van der Waals surface area contributed by atoms with Gasteiger partial charge in [0.05, 0.1) is 5.92 Å². The van der Waals surface area contributed by atoms with Gasteiger partial charge < -0.3 is 16.0 Å². The molecule has 22 heavy (non-hydrogen) atoms. The van der Waals surface area contributed by atoms with Gasteiger partial charge in [-0.2, -0.15) is 0 Å². The zero-order chi connectivity index (χ0) is 15.1. The van der Waals surface area contributed by atoms with Crippen molar-refractivity contribution in [2.24, 2.45) is 5.92 Å². The Morgan fingerprint density at radius 1 is 1.27 bits per heavy atom.